The summed E-state index contributed by atoms with van der Waals surface area (Å²) in [6.45, 7) is 1.87. The van der Waals surface area contributed by atoms with Crippen molar-refractivity contribution in [3.05, 3.63) is 0 Å². The molecule has 88 valence electrons. The molecule has 0 aromatic heterocycles. The van der Waals surface area contributed by atoms with Crippen LogP contribution >= 0.6 is 0 Å². The van der Waals surface area contributed by atoms with Crippen LogP contribution in [0.3, 0.4) is 0 Å². The van der Waals surface area contributed by atoms with Crippen molar-refractivity contribution in [1.82, 2.24) is 0 Å². The van der Waals surface area contributed by atoms with Gasteiger partial charge in [0.2, 0.25) is 0 Å². The van der Waals surface area contributed by atoms with E-state index in [-0.39, 0.29) is 24.1 Å². The Bertz CT molecular complexity index is 336. The van der Waals surface area contributed by atoms with Crippen LogP contribution in [0.1, 0.15) is 32.6 Å². The zero-order valence-corrected chi connectivity index (χ0v) is 9.40. The summed E-state index contributed by atoms with van der Waals surface area (Å²) < 4.78 is 5.30. The second-order valence-electron chi connectivity index (χ2n) is 4.87. The predicted molar refractivity (Wildman–Crippen MR) is 55.9 cm³/mol. The van der Waals surface area contributed by atoms with Gasteiger partial charge in [0.15, 0.2) is 5.78 Å². The van der Waals surface area contributed by atoms with Gasteiger partial charge in [0.1, 0.15) is 24.8 Å². The second kappa shape index (κ2) is 4.09. The number of carbonyl (C=O) groups excluding carboxylic acids is 3. The third kappa shape index (κ3) is 1.61. The standard InChI is InChI=1S/C12H16O4/c1-12-5-4-9(14)11(16-7-6-13)8(12)2-3-10(12)15/h6,8,11H,2-5,7H2,1H3/t8-,11+,12?/m0/s1. The van der Waals surface area contributed by atoms with Crippen LogP contribution in [0.25, 0.3) is 0 Å². The minimum Gasteiger partial charge on any atom is -0.363 e. The number of ketones is 2. The number of ether oxygens (including phenoxy) is 1. The van der Waals surface area contributed by atoms with Crippen LogP contribution in [0.15, 0.2) is 0 Å². The molecule has 0 aromatic rings. The first-order chi connectivity index (χ1) is 7.59. The normalized spacial score (nSPS) is 38.6. The highest BCUT2D eigenvalue weighted by atomic mass is 16.5. The maximum Gasteiger partial charge on any atom is 0.161 e. The quantitative estimate of drug-likeness (QED) is 0.669. The number of hydrogen-bond donors (Lipinski definition) is 0. The van der Waals surface area contributed by atoms with E-state index in [0.717, 1.165) is 0 Å². The molecule has 3 atom stereocenters. The zero-order chi connectivity index (χ0) is 11.8. The molecular weight excluding hydrogens is 208 g/mol. The van der Waals surface area contributed by atoms with Gasteiger partial charge in [-0.3, -0.25) is 9.59 Å². The fourth-order valence-corrected chi connectivity index (χ4v) is 3.01. The summed E-state index contributed by atoms with van der Waals surface area (Å²) in [5.41, 5.74) is -0.401. The van der Waals surface area contributed by atoms with Gasteiger partial charge in [0.25, 0.3) is 0 Å². The summed E-state index contributed by atoms with van der Waals surface area (Å²) in [7, 11) is 0. The summed E-state index contributed by atoms with van der Waals surface area (Å²) in [4.78, 5) is 33.8. The molecule has 2 rings (SSSR count). The first-order valence-electron chi connectivity index (χ1n) is 5.71. The van der Waals surface area contributed by atoms with Gasteiger partial charge in [-0.05, 0) is 12.8 Å². The van der Waals surface area contributed by atoms with E-state index in [0.29, 0.717) is 32.0 Å². The van der Waals surface area contributed by atoms with Gasteiger partial charge in [0.05, 0.1) is 0 Å². The number of aldehydes is 1. The van der Waals surface area contributed by atoms with Crippen LogP contribution in [0.2, 0.25) is 0 Å². The fraction of sp³-hybridized carbons (Fsp3) is 0.750. The highest BCUT2D eigenvalue weighted by Crippen LogP contribution is 2.49. The smallest absolute Gasteiger partial charge is 0.161 e. The van der Waals surface area contributed by atoms with Crippen molar-refractivity contribution < 1.29 is 19.1 Å². The van der Waals surface area contributed by atoms with Crippen LogP contribution in [0.4, 0.5) is 0 Å². The molecule has 0 amide bonds. The Morgan fingerprint density at radius 2 is 2.19 bits per heavy atom. The van der Waals surface area contributed by atoms with Crippen molar-refractivity contribution in [3.63, 3.8) is 0 Å². The lowest BCUT2D eigenvalue weighted by Crippen LogP contribution is -2.46. The SMILES string of the molecule is CC12CCC(=O)[C@H](OCC=O)[C@@H]1CCC2=O. The largest absolute Gasteiger partial charge is 0.363 e. The molecule has 2 fully saturated rings. The Morgan fingerprint density at radius 3 is 2.88 bits per heavy atom. The van der Waals surface area contributed by atoms with Crippen molar-refractivity contribution in [3.8, 4) is 0 Å². The van der Waals surface area contributed by atoms with E-state index < -0.39 is 11.5 Å². The molecule has 2 aliphatic carbocycles. The summed E-state index contributed by atoms with van der Waals surface area (Å²) in [5.74, 6) is 0.255. The van der Waals surface area contributed by atoms with E-state index >= 15 is 0 Å². The molecule has 0 radical (unpaired) electrons. The van der Waals surface area contributed by atoms with Crippen LogP contribution < -0.4 is 0 Å². The maximum atomic E-state index is 11.8. The Balaban J connectivity index is 2.19. The molecule has 0 heterocycles. The van der Waals surface area contributed by atoms with Crippen molar-refractivity contribution in [2.45, 2.75) is 38.7 Å². The Labute approximate surface area is 94.3 Å². The lowest BCUT2D eigenvalue weighted by molar-refractivity contribution is -0.148. The topological polar surface area (TPSA) is 60.4 Å². The Hall–Kier alpha value is -1.03. The average Bonchev–Trinajstić information content (AvgIpc) is 2.56. The Morgan fingerprint density at radius 1 is 1.44 bits per heavy atom. The van der Waals surface area contributed by atoms with Crippen LogP contribution in [0, 0.1) is 11.3 Å². The van der Waals surface area contributed by atoms with Crippen molar-refractivity contribution >= 4 is 17.9 Å². The summed E-state index contributed by atoms with van der Waals surface area (Å²) >= 11 is 0. The predicted octanol–water partition coefficient (Wildman–Crippen LogP) is 0.919. The molecule has 2 saturated carbocycles. The molecular formula is C12H16O4. The first-order valence-corrected chi connectivity index (χ1v) is 5.71. The minimum absolute atomic E-state index is 0.0267. The van der Waals surface area contributed by atoms with Gasteiger partial charge in [-0.1, -0.05) is 6.92 Å². The number of rotatable bonds is 3. The van der Waals surface area contributed by atoms with Gasteiger partial charge in [0, 0.05) is 24.2 Å². The Kier molecular flexibility index (Phi) is 2.93. The lowest BCUT2D eigenvalue weighted by atomic mass is 9.67. The molecule has 4 nitrogen and oxygen atoms in total. The first kappa shape index (κ1) is 11.5. The van der Waals surface area contributed by atoms with E-state index in [9.17, 15) is 14.4 Å². The van der Waals surface area contributed by atoms with Gasteiger partial charge in [-0.2, -0.15) is 0 Å². The van der Waals surface area contributed by atoms with E-state index in [1.165, 1.54) is 0 Å². The average molecular weight is 224 g/mol. The molecule has 0 spiro atoms. The molecule has 4 heteroatoms. The van der Waals surface area contributed by atoms with Crippen LogP contribution in [-0.2, 0) is 19.1 Å². The number of Topliss-reactive ketones (excluding diaryl/α,β-unsaturated/α-hetero) is 2. The van der Waals surface area contributed by atoms with E-state index in [1.54, 1.807) is 0 Å². The van der Waals surface area contributed by atoms with Crippen molar-refractivity contribution in [1.29, 1.82) is 0 Å². The molecule has 1 unspecified atom stereocenters. The molecule has 0 aromatic carbocycles. The van der Waals surface area contributed by atoms with Gasteiger partial charge in [-0.15, -0.1) is 0 Å². The molecule has 16 heavy (non-hydrogen) atoms. The summed E-state index contributed by atoms with van der Waals surface area (Å²) in [6.07, 6.45) is 2.38. The third-order valence-electron chi connectivity index (χ3n) is 4.06. The zero-order valence-electron chi connectivity index (χ0n) is 9.40. The van der Waals surface area contributed by atoms with Crippen molar-refractivity contribution in [2.24, 2.45) is 11.3 Å². The fourth-order valence-electron chi connectivity index (χ4n) is 3.01. The van der Waals surface area contributed by atoms with Crippen LogP contribution in [-0.4, -0.2) is 30.6 Å². The van der Waals surface area contributed by atoms with Gasteiger partial charge in [-0.25, -0.2) is 0 Å². The lowest BCUT2D eigenvalue weighted by Gasteiger charge is -2.38. The number of carbonyl (C=O) groups is 3. The van der Waals surface area contributed by atoms with E-state index in [2.05, 4.69) is 0 Å². The molecule has 0 aliphatic heterocycles. The molecule has 0 saturated heterocycles. The van der Waals surface area contributed by atoms with Gasteiger partial charge >= 0.3 is 0 Å². The number of hydrogen-bond acceptors (Lipinski definition) is 4. The van der Waals surface area contributed by atoms with E-state index in [4.69, 9.17) is 4.74 Å². The van der Waals surface area contributed by atoms with Gasteiger partial charge < -0.3 is 9.53 Å². The highest BCUT2D eigenvalue weighted by molar-refractivity contribution is 5.93. The molecule has 2 aliphatic rings. The monoisotopic (exact) mass is 224 g/mol. The molecule has 0 N–H and O–H groups in total. The van der Waals surface area contributed by atoms with E-state index in [1.807, 2.05) is 6.92 Å². The summed E-state index contributed by atoms with van der Waals surface area (Å²) in [5, 5.41) is 0. The minimum atomic E-state index is -0.546. The maximum absolute atomic E-state index is 11.8. The summed E-state index contributed by atoms with van der Waals surface area (Å²) in [6, 6.07) is 0. The second-order valence-corrected chi connectivity index (χ2v) is 4.87. The third-order valence-corrected chi connectivity index (χ3v) is 4.06. The van der Waals surface area contributed by atoms with Crippen LogP contribution in [0.5, 0.6) is 0 Å². The highest BCUT2D eigenvalue weighted by Gasteiger charge is 2.54. The number of fused-ring (bicyclic) bond motifs is 1. The van der Waals surface area contributed by atoms with Crippen molar-refractivity contribution in [2.75, 3.05) is 6.61 Å². The molecule has 0 bridgehead atoms.